The topological polar surface area (TPSA) is 135 Å². The van der Waals surface area contributed by atoms with Crippen LogP contribution in [0, 0.1) is 5.21 Å². The number of nitrogens with zero attached hydrogens (tertiary/aromatic N) is 3. The second-order valence-electron chi connectivity index (χ2n) is 7.79. The van der Waals surface area contributed by atoms with Gasteiger partial charge >= 0.3 is 6.01 Å². The molecule has 0 radical (unpaired) electrons. The number of hydrogen-bond donors (Lipinski definition) is 3. The van der Waals surface area contributed by atoms with Gasteiger partial charge in [-0.2, -0.15) is 10.2 Å². The van der Waals surface area contributed by atoms with E-state index >= 15 is 0 Å². The van der Waals surface area contributed by atoms with E-state index in [0.717, 1.165) is 5.56 Å². The van der Waals surface area contributed by atoms with Crippen molar-refractivity contribution in [3.05, 3.63) is 83.6 Å². The number of aromatic nitrogens is 3. The standard InChI is InChI=1S/C26H27N5O6/c1-3-36-14-15-37-26-28-24(18-6-5-9-23(17-18)35-2)30(29-26)21-12-10-20(11-13-21)27-25(32)19-7-4-8-22(16-19)31(33)34/h4-13,16-17,31,33H,3,14-15H2,1-2H3,(H,27,32). The fourth-order valence-corrected chi connectivity index (χ4v) is 3.50. The summed E-state index contributed by atoms with van der Waals surface area (Å²) in [5.41, 5.74) is 2.29. The van der Waals surface area contributed by atoms with Crippen LogP contribution in [0.4, 0.5) is 11.4 Å². The molecular formula is C26H27N5O6. The number of carbonyl (C=O) groups is 1. The summed E-state index contributed by atoms with van der Waals surface area (Å²) < 4.78 is 18.0. The van der Waals surface area contributed by atoms with Gasteiger partial charge in [-0.1, -0.05) is 18.2 Å². The molecule has 192 valence electrons. The Balaban J connectivity index is 1.58. The molecule has 0 bridgehead atoms. The predicted molar refractivity (Wildman–Crippen MR) is 136 cm³/mol. The first kappa shape index (κ1) is 25.8. The van der Waals surface area contributed by atoms with E-state index < -0.39 is 11.1 Å². The van der Waals surface area contributed by atoms with Gasteiger partial charge in [0.15, 0.2) is 11.5 Å². The third-order valence-corrected chi connectivity index (χ3v) is 5.32. The highest BCUT2D eigenvalue weighted by molar-refractivity contribution is 6.04. The number of amides is 1. The van der Waals surface area contributed by atoms with Gasteiger partial charge < -0.3 is 24.7 Å². The van der Waals surface area contributed by atoms with Gasteiger partial charge in [0.05, 0.1) is 19.4 Å². The number of methoxy groups -OCH3 is 1. The molecule has 0 aliphatic rings. The normalized spacial score (nSPS) is 11.7. The fraction of sp³-hybridized carbons (Fsp3) is 0.192. The molecule has 1 heterocycles. The molecule has 37 heavy (non-hydrogen) atoms. The molecule has 1 aromatic heterocycles. The summed E-state index contributed by atoms with van der Waals surface area (Å²) >= 11 is 0. The lowest BCUT2D eigenvalue weighted by atomic mass is 10.1. The Labute approximate surface area is 213 Å². The van der Waals surface area contributed by atoms with Gasteiger partial charge in [0.25, 0.3) is 5.91 Å². The molecule has 4 aromatic rings. The molecule has 3 aromatic carbocycles. The summed E-state index contributed by atoms with van der Waals surface area (Å²) in [5, 5.41) is 26.6. The second kappa shape index (κ2) is 12.1. The molecule has 0 fully saturated rings. The lowest BCUT2D eigenvalue weighted by molar-refractivity contribution is -0.991. The van der Waals surface area contributed by atoms with E-state index in [1.165, 1.54) is 18.2 Å². The summed E-state index contributed by atoms with van der Waals surface area (Å²) in [5.74, 6) is 0.808. The van der Waals surface area contributed by atoms with E-state index in [9.17, 15) is 10.0 Å². The molecule has 0 aliphatic carbocycles. The third-order valence-electron chi connectivity index (χ3n) is 5.32. The van der Waals surface area contributed by atoms with E-state index in [0.29, 0.717) is 42.8 Å². The lowest BCUT2D eigenvalue weighted by Crippen LogP contribution is -2.99. The Morgan fingerprint density at radius 1 is 1.08 bits per heavy atom. The van der Waals surface area contributed by atoms with Crippen LogP contribution >= 0.6 is 0 Å². The first-order valence-corrected chi connectivity index (χ1v) is 11.6. The highest BCUT2D eigenvalue weighted by Crippen LogP contribution is 2.27. The number of nitrogens with one attached hydrogen (secondary N) is 2. The Morgan fingerprint density at radius 2 is 1.86 bits per heavy atom. The minimum absolute atomic E-state index is 0.0403. The van der Waals surface area contributed by atoms with Crippen LogP contribution in [-0.4, -0.2) is 52.8 Å². The number of ether oxygens (including phenoxy) is 3. The van der Waals surface area contributed by atoms with Crippen LogP contribution in [0.15, 0.2) is 72.8 Å². The second-order valence-corrected chi connectivity index (χ2v) is 7.79. The average molecular weight is 506 g/mol. The lowest BCUT2D eigenvalue weighted by Gasteiger charge is -2.12. The van der Waals surface area contributed by atoms with Crippen molar-refractivity contribution in [2.45, 2.75) is 6.92 Å². The van der Waals surface area contributed by atoms with Crippen LogP contribution < -0.4 is 20.0 Å². The van der Waals surface area contributed by atoms with Crippen molar-refractivity contribution >= 4 is 17.3 Å². The van der Waals surface area contributed by atoms with Gasteiger partial charge in [0, 0.05) is 35.6 Å². The predicted octanol–water partition coefficient (Wildman–Crippen LogP) is 3.01. The minimum atomic E-state index is -1.10. The van der Waals surface area contributed by atoms with Crippen molar-refractivity contribution < 1.29 is 29.4 Å². The van der Waals surface area contributed by atoms with Gasteiger partial charge in [0.2, 0.25) is 0 Å². The quantitative estimate of drug-likeness (QED) is 0.209. The zero-order chi connectivity index (χ0) is 26.2. The van der Waals surface area contributed by atoms with Gasteiger partial charge in [-0.15, -0.1) is 5.10 Å². The molecule has 0 aliphatic heterocycles. The van der Waals surface area contributed by atoms with Gasteiger partial charge in [0.1, 0.15) is 12.4 Å². The number of carbonyl (C=O) groups excluding carboxylic acids is 1. The summed E-state index contributed by atoms with van der Waals surface area (Å²) in [4.78, 5) is 17.2. The minimum Gasteiger partial charge on any atom is -0.595 e. The van der Waals surface area contributed by atoms with E-state index in [1.54, 1.807) is 42.1 Å². The maximum Gasteiger partial charge on any atom is 0.336 e. The van der Waals surface area contributed by atoms with Crippen molar-refractivity contribution in [1.82, 2.24) is 14.8 Å². The van der Waals surface area contributed by atoms with E-state index in [4.69, 9.17) is 19.4 Å². The molecule has 0 saturated heterocycles. The van der Waals surface area contributed by atoms with Crippen LogP contribution in [0.2, 0.25) is 0 Å². The monoisotopic (exact) mass is 505 g/mol. The SMILES string of the molecule is CCOCCOc1nc(-c2cccc(OC)c2)n(-c2ccc(NC(=O)c3cccc([NH+]([O-])O)c3)cc2)n1. The number of benzene rings is 3. The maximum absolute atomic E-state index is 12.6. The van der Waals surface area contributed by atoms with Crippen molar-refractivity contribution in [3.8, 4) is 28.8 Å². The fourth-order valence-electron chi connectivity index (χ4n) is 3.50. The summed E-state index contributed by atoms with van der Waals surface area (Å²) in [6, 6.07) is 20.5. The van der Waals surface area contributed by atoms with E-state index in [2.05, 4.69) is 15.4 Å². The molecule has 1 amide bonds. The summed E-state index contributed by atoms with van der Waals surface area (Å²) in [6.07, 6.45) is 0. The van der Waals surface area contributed by atoms with Crippen LogP contribution in [0.1, 0.15) is 17.3 Å². The molecular weight excluding hydrogens is 478 g/mol. The first-order valence-electron chi connectivity index (χ1n) is 11.6. The largest absolute Gasteiger partial charge is 0.595 e. The molecule has 11 nitrogen and oxygen atoms in total. The summed E-state index contributed by atoms with van der Waals surface area (Å²) in [6.45, 7) is 3.23. The van der Waals surface area contributed by atoms with Crippen molar-refractivity contribution in [2.75, 3.05) is 32.2 Å². The number of hydrogen-bond acceptors (Lipinski definition) is 8. The molecule has 3 N–H and O–H groups in total. The van der Waals surface area contributed by atoms with Crippen LogP contribution in [0.25, 0.3) is 17.1 Å². The zero-order valence-corrected chi connectivity index (χ0v) is 20.4. The van der Waals surface area contributed by atoms with Crippen LogP contribution in [0.5, 0.6) is 11.8 Å². The van der Waals surface area contributed by atoms with Crippen LogP contribution in [-0.2, 0) is 4.74 Å². The Morgan fingerprint density at radius 3 is 2.59 bits per heavy atom. The zero-order valence-electron chi connectivity index (χ0n) is 20.4. The van der Waals surface area contributed by atoms with Crippen molar-refractivity contribution in [2.24, 2.45) is 0 Å². The number of anilines is 1. The molecule has 1 atom stereocenters. The van der Waals surface area contributed by atoms with Gasteiger partial charge in [-0.05, 0) is 49.4 Å². The Bertz CT molecular complexity index is 1340. The number of rotatable bonds is 11. The molecule has 0 saturated carbocycles. The Hall–Kier alpha value is -4.29. The maximum atomic E-state index is 12.6. The van der Waals surface area contributed by atoms with Gasteiger partial charge in [-0.3, -0.25) is 4.79 Å². The molecule has 4 rings (SSSR count). The third kappa shape index (κ3) is 6.48. The smallest absolute Gasteiger partial charge is 0.336 e. The molecule has 0 spiro atoms. The number of quaternary nitrogens is 1. The van der Waals surface area contributed by atoms with Crippen LogP contribution in [0.3, 0.4) is 0 Å². The highest BCUT2D eigenvalue weighted by Gasteiger charge is 2.16. The highest BCUT2D eigenvalue weighted by atomic mass is 16.8. The molecule has 1 unspecified atom stereocenters. The van der Waals surface area contributed by atoms with E-state index in [-0.39, 0.29) is 17.3 Å². The Kier molecular flexibility index (Phi) is 8.44. The molecule has 11 heteroatoms. The van der Waals surface area contributed by atoms with Gasteiger partial charge in [-0.25, -0.2) is 9.89 Å². The summed E-state index contributed by atoms with van der Waals surface area (Å²) in [7, 11) is 1.59. The van der Waals surface area contributed by atoms with E-state index in [1.807, 2.05) is 31.2 Å². The first-order chi connectivity index (χ1) is 18.0. The van der Waals surface area contributed by atoms with Crippen molar-refractivity contribution in [3.63, 3.8) is 0 Å². The average Bonchev–Trinajstić information content (AvgIpc) is 3.36. The van der Waals surface area contributed by atoms with Crippen molar-refractivity contribution in [1.29, 1.82) is 0 Å².